The number of aliphatic hydroxyl groups excluding tert-OH is 1. The number of carboxylic acid groups (broad SMARTS) is 1. The molecular formula is C10H11FO3. The summed E-state index contributed by atoms with van der Waals surface area (Å²) in [4.78, 5) is 10.5. The zero-order valence-electron chi connectivity index (χ0n) is 7.64. The summed E-state index contributed by atoms with van der Waals surface area (Å²) in [5, 5.41) is 18.2. The summed E-state index contributed by atoms with van der Waals surface area (Å²) < 4.78 is 12.5. The second-order valence-electron chi connectivity index (χ2n) is 3.12. The van der Waals surface area contributed by atoms with Gasteiger partial charge in [-0.05, 0) is 24.6 Å². The number of carboxylic acids is 1. The first-order valence-corrected chi connectivity index (χ1v) is 4.18. The van der Waals surface area contributed by atoms with E-state index >= 15 is 0 Å². The lowest BCUT2D eigenvalue weighted by Gasteiger charge is -2.14. The lowest BCUT2D eigenvalue weighted by atomic mass is 9.98. The second-order valence-corrected chi connectivity index (χ2v) is 3.12. The maximum atomic E-state index is 12.5. The van der Waals surface area contributed by atoms with Crippen LogP contribution in [0.25, 0.3) is 0 Å². The third-order valence-electron chi connectivity index (χ3n) is 2.07. The third kappa shape index (κ3) is 2.29. The summed E-state index contributed by atoms with van der Waals surface area (Å²) in [5.41, 5.74) is 0.404. The fourth-order valence-corrected chi connectivity index (χ4v) is 1.08. The van der Waals surface area contributed by atoms with Crippen LogP contribution < -0.4 is 0 Å². The number of rotatable bonds is 3. The normalized spacial score (nSPS) is 14.8. The van der Waals surface area contributed by atoms with E-state index in [1.807, 2.05) is 0 Å². The maximum Gasteiger partial charge on any atom is 0.309 e. The van der Waals surface area contributed by atoms with Gasteiger partial charge < -0.3 is 10.2 Å². The van der Waals surface area contributed by atoms with E-state index in [0.29, 0.717) is 5.56 Å². The molecule has 0 aliphatic carbocycles. The van der Waals surface area contributed by atoms with Crippen LogP contribution in [0.3, 0.4) is 0 Å². The molecule has 1 rings (SSSR count). The van der Waals surface area contributed by atoms with Crippen molar-refractivity contribution in [2.75, 3.05) is 0 Å². The number of benzene rings is 1. The Balaban J connectivity index is 2.84. The molecule has 0 fully saturated rings. The molecule has 3 nitrogen and oxygen atoms in total. The highest BCUT2D eigenvalue weighted by atomic mass is 19.1. The molecule has 0 heterocycles. The molecule has 76 valence electrons. The standard InChI is InChI=1S/C10H11FO3/c1-6(10(13)14)9(12)7-2-4-8(11)5-3-7/h2-6,9,12H,1H3,(H,13,14)/t6-,9-/m0/s1. The van der Waals surface area contributed by atoms with Gasteiger partial charge in [-0.2, -0.15) is 0 Å². The maximum absolute atomic E-state index is 12.5. The predicted molar refractivity (Wildman–Crippen MR) is 48.2 cm³/mol. The van der Waals surface area contributed by atoms with Crippen LogP contribution in [0.5, 0.6) is 0 Å². The monoisotopic (exact) mass is 198 g/mol. The first-order chi connectivity index (χ1) is 6.52. The van der Waals surface area contributed by atoms with Crippen molar-refractivity contribution in [3.05, 3.63) is 35.6 Å². The van der Waals surface area contributed by atoms with Crippen LogP contribution in [-0.4, -0.2) is 16.2 Å². The van der Waals surface area contributed by atoms with E-state index in [9.17, 15) is 14.3 Å². The first kappa shape index (κ1) is 10.7. The van der Waals surface area contributed by atoms with E-state index in [4.69, 9.17) is 5.11 Å². The minimum atomic E-state index is -1.10. The van der Waals surface area contributed by atoms with Crippen LogP contribution in [0.2, 0.25) is 0 Å². The number of hydrogen-bond acceptors (Lipinski definition) is 2. The second kappa shape index (κ2) is 4.19. The zero-order valence-corrected chi connectivity index (χ0v) is 7.64. The summed E-state index contributed by atoms with van der Waals surface area (Å²) in [6.07, 6.45) is -1.10. The number of halogens is 1. The van der Waals surface area contributed by atoms with E-state index in [-0.39, 0.29) is 0 Å². The van der Waals surface area contributed by atoms with E-state index in [2.05, 4.69) is 0 Å². The largest absolute Gasteiger partial charge is 0.481 e. The Morgan fingerprint density at radius 2 is 1.86 bits per heavy atom. The summed E-state index contributed by atoms with van der Waals surface area (Å²) in [5.74, 6) is -2.40. The Kier molecular flexibility index (Phi) is 3.19. The van der Waals surface area contributed by atoms with E-state index in [1.54, 1.807) is 0 Å². The fraction of sp³-hybridized carbons (Fsp3) is 0.300. The van der Waals surface area contributed by atoms with Gasteiger partial charge in [0.25, 0.3) is 0 Å². The Morgan fingerprint density at radius 1 is 1.36 bits per heavy atom. The average Bonchev–Trinajstić information content (AvgIpc) is 2.16. The Morgan fingerprint density at radius 3 is 2.29 bits per heavy atom. The lowest BCUT2D eigenvalue weighted by Crippen LogP contribution is -2.18. The van der Waals surface area contributed by atoms with Gasteiger partial charge in [0.2, 0.25) is 0 Å². The summed E-state index contributed by atoms with van der Waals surface area (Å²) in [6, 6.07) is 5.12. The molecule has 0 unspecified atom stereocenters. The van der Waals surface area contributed by atoms with Crippen LogP contribution in [0, 0.1) is 11.7 Å². The summed E-state index contributed by atoms with van der Waals surface area (Å²) in [6.45, 7) is 1.40. The van der Waals surface area contributed by atoms with E-state index < -0.39 is 23.8 Å². The Hall–Kier alpha value is -1.42. The highest BCUT2D eigenvalue weighted by Crippen LogP contribution is 2.21. The number of aliphatic carboxylic acids is 1. The molecule has 1 aromatic carbocycles. The predicted octanol–water partition coefficient (Wildman–Crippen LogP) is 1.58. The summed E-state index contributed by atoms with van der Waals surface area (Å²) in [7, 11) is 0. The molecule has 2 N–H and O–H groups in total. The number of carbonyl (C=O) groups is 1. The Bertz CT molecular complexity index is 321. The topological polar surface area (TPSA) is 57.5 Å². The van der Waals surface area contributed by atoms with Gasteiger partial charge in [0.05, 0.1) is 12.0 Å². The van der Waals surface area contributed by atoms with E-state index in [0.717, 1.165) is 0 Å². The molecule has 14 heavy (non-hydrogen) atoms. The van der Waals surface area contributed by atoms with Crippen LogP contribution in [0.1, 0.15) is 18.6 Å². The molecule has 0 spiro atoms. The molecule has 0 aromatic heterocycles. The van der Waals surface area contributed by atoms with Crippen molar-refractivity contribution in [3.8, 4) is 0 Å². The molecule has 0 aliphatic heterocycles. The van der Waals surface area contributed by atoms with Gasteiger partial charge in [-0.3, -0.25) is 4.79 Å². The molecule has 0 saturated heterocycles. The van der Waals surface area contributed by atoms with E-state index in [1.165, 1.54) is 31.2 Å². The van der Waals surface area contributed by atoms with Gasteiger partial charge in [-0.15, -0.1) is 0 Å². The van der Waals surface area contributed by atoms with Crippen LogP contribution in [0.4, 0.5) is 4.39 Å². The van der Waals surface area contributed by atoms with Crippen molar-refractivity contribution in [3.63, 3.8) is 0 Å². The molecule has 0 saturated carbocycles. The number of hydrogen-bond donors (Lipinski definition) is 2. The molecule has 0 amide bonds. The third-order valence-corrected chi connectivity index (χ3v) is 2.07. The SMILES string of the molecule is C[C@H](C(=O)O)[C@H](O)c1ccc(F)cc1. The highest BCUT2D eigenvalue weighted by molar-refractivity contribution is 5.70. The summed E-state index contributed by atoms with van der Waals surface area (Å²) >= 11 is 0. The first-order valence-electron chi connectivity index (χ1n) is 4.18. The van der Waals surface area contributed by atoms with Gasteiger partial charge in [0, 0.05) is 0 Å². The van der Waals surface area contributed by atoms with Crippen LogP contribution >= 0.6 is 0 Å². The van der Waals surface area contributed by atoms with Gasteiger partial charge in [-0.25, -0.2) is 4.39 Å². The quantitative estimate of drug-likeness (QED) is 0.775. The van der Waals surface area contributed by atoms with Crippen molar-refractivity contribution in [1.82, 2.24) is 0 Å². The van der Waals surface area contributed by atoms with Crippen molar-refractivity contribution in [1.29, 1.82) is 0 Å². The molecule has 1 aromatic rings. The highest BCUT2D eigenvalue weighted by Gasteiger charge is 2.22. The smallest absolute Gasteiger partial charge is 0.309 e. The minimum Gasteiger partial charge on any atom is -0.481 e. The van der Waals surface area contributed by atoms with Crippen molar-refractivity contribution in [2.45, 2.75) is 13.0 Å². The van der Waals surface area contributed by atoms with Gasteiger partial charge in [-0.1, -0.05) is 12.1 Å². The minimum absolute atomic E-state index is 0.404. The van der Waals surface area contributed by atoms with Gasteiger partial charge in [0.15, 0.2) is 0 Å². The Labute approximate surface area is 80.8 Å². The molecular weight excluding hydrogens is 187 g/mol. The van der Waals surface area contributed by atoms with Crippen LogP contribution in [0.15, 0.2) is 24.3 Å². The number of aliphatic hydroxyl groups is 1. The van der Waals surface area contributed by atoms with Crippen LogP contribution in [-0.2, 0) is 4.79 Å². The molecule has 4 heteroatoms. The molecule has 0 radical (unpaired) electrons. The van der Waals surface area contributed by atoms with Crippen molar-refractivity contribution < 1.29 is 19.4 Å². The molecule has 2 atom stereocenters. The van der Waals surface area contributed by atoms with Gasteiger partial charge >= 0.3 is 5.97 Å². The van der Waals surface area contributed by atoms with Crippen molar-refractivity contribution >= 4 is 5.97 Å². The zero-order chi connectivity index (χ0) is 10.7. The molecule has 0 bridgehead atoms. The van der Waals surface area contributed by atoms with Gasteiger partial charge in [0.1, 0.15) is 5.82 Å². The molecule has 0 aliphatic rings. The fourth-order valence-electron chi connectivity index (χ4n) is 1.08. The average molecular weight is 198 g/mol. The van der Waals surface area contributed by atoms with Crippen molar-refractivity contribution in [2.24, 2.45) is 5.92 Å². The lowest BCUT2D eigenvalue weighted by molar-refractivity contribution is -0.145.